The Morgan fingerprint density at radius 1 is 1.08 bits per heavy atom. The summed E-state index contributed by atoms with van der Waals surface area (Å²) in [5.41, 5.74) is 8.84. The lowest BCUT2D eigenvalue weighted by molar-refractivity contribution is 0.100. The normalized spacial score (nSPS) is 11.2. The van der Waals surface area contributed by atoms with Crippen LogP contribution in [0.25, 0.3) is 21.8 Å². The molecule has 2 N–H and O–H groups in total. The lowest BCUT2D eigenvalue weighted by Gasteiger charge is -2.09. The van der Waals surface area contributed by atoms with Crippen molar-refractivity contribution in [2.24, 2.45) is 5.73 Å². The molecule has 1 heterocycles. The van der Waals surface area contributed by atoms with Crippen LogP contribution in [-0.2, 0) is 6.54 Å². The highest BCUT2D eigenvalue weighted by Gasteiger charge is 2.19. The predicted octanol–water partition coefficient (Wildman–Crippen LogP) is 3.17. The number of rotatable bonds is 5. The number of nitrogens with zero attached hydrogens (tertiary/aromatic N) is 1. The van der Waals surface area contributed by atoms with Crippen molar-refractivity contribution in [1.82, 2.24) is 4.57 Å². The van der Waals surface area contributed by atoms with Crippen LogP contribution in [0.1, 0.15) is 34.6 Å². The zero-order valence-electron chi connectivity index (χ0n) is 14.1. The van der Waals surface area contributed by atoms with Crippen LogP contribution in [0.5, 0.6) is 5.75 Å². The summed E-state index contributed by atoms with van der Waals surface area (Å²) in [4.78, 5) is 23.7. The van der Waals surface area contributed by atoms with Crippen molar-refractivity contribution in [2.45, 2.75) is 20.4 Å². The second-order valence-electron chi connectivity index (χ2n) is 5.83. The minimum absolute atomic E-state index is 0.00156. The second-order valence-corrected chi connectivity index (χ2v) is 5.83. The Kier molecular flexibility index (Phi) is 4.11. The zero-order chi connectivity index (χ0) is 17.4. The van der Waals surface area contributed by atoms with Crippen LogP contribution in [0.4, 0.5) is 0 Å². The van der Waals surface area contributed by atoms with Crippen LogP contribution in [0, 0.1) is 0 Å². The molecule has 0 spiro atoms. The number of ketones is 2. The summed E-state index contributed by atoms with van der Waals surface area (Å²) in [7, 11) is 1.56. The molecule has 5 nitrogen and oxygen atoms in total. The molecule has 0 amide bonds. The number of carbonyl (C=O) groups is 2. The topological polar surface area (TPSA) is 74.3 Å². The van der Waals surface area contributed by atoms with Crippen molar-refractivity contribution in [3.8, 4) is 5.75 Å². The van der Waals surface area contributed by atoms with E-state index < -0.39 is 0 Å². The average molecular weight is 324 g/mol. The predicted molar refractivity (Wildman–Crippen MR) is 95.1 cm³/mol. The van der Waals surface area contributed by atoms with Gasteiger partial charge in [-0.3, -0.25) is 9.59 Å². The number of hydrogen-bond acceptors (Lipinski definition) is 4. The molecule has 3 aromatic rings. The number of benzene rings is 2. The monoisotopic (exact) mass is 324 g/mol. The molecule has 2 aromatic carbocycles. The quantitative estimate of drug-likeness (QED) is 0.732. The van der Waals surface area contributed by atoms with Crippen molar-refractivity contribution in [2.75, 3.05) is 13.7 Å². The van der Waals surface area contributed by atoms with Crippen LogP contribution < -0.4 is 10.5 Å². The lowest BCUT2D eigenvalue weighted by atomic mass is 10.0. The first kappa shape index (κ1) is 16.2. The van der Waals surface area contributed by atoms with E-state index in [-0.39, 0.29) is 11.6 Å². The van der Waals surface area contributed by atoms with Gasteiger partial charge in [0.1, 0.15) is 5.75 Å². The fraction of sp³-hybridized carbons (Fsp3) is 0.263. The Morgan fingerprint density at radius 2 is 1.79 bits per heavy atom. The van der Waals surface area contributed by atoms with Gasteiger partial charge in [0.05, 0.1) is 23.6 Å². The van der Waals surface area contributed by atoms with E-state index in [1.165, 1.54) is 6.92 Å². The zero-order valence-corrected chi connectivity index (χ0v) is 14.1. The number of carbonyl (C=O) groups excluding carboxylic acids is 2. The Labute approximate surface area is 140 Å². The van der Waals surface area contributed by atoms with Gasteiger partial charge in [-0.05, 0) is 44.2 Å². The van der Waals surface area contributed by atoms with E-state index >= 15 is 0 Å². The number of hydrogen-bond donors (Lipinski definition) is 1. The SMILES string of the molecule is COc1c(C(C)=O)ccc2c1c1cc(C(C)=O)ccc1n2CCN. The minimum atomic E-state index is -0.0591. The van der Waals surface area contributed by atoms with Gasteiger partial charge >= 0.3 is 0 Å². The molecule has 0 aliphatic heterocycles. The highest BCUT2D eigenvalue weighted by atomic mass is 16.5. The molecule has 24 heavy (non-hydrogen) atoms. The molecule has 0 fully saturated rings. The van der Waals surface area contributed by atoms with Gasteiger partial charge in [0.15, 0.2) is 11.6 Å². The van der Waals surface area contributed by atoms with E-state index in [0.717, 1.165) is 21.8 Å². The largest absolute Gasteiger partial charge is 0.495 e. The molecule has 0 saturated carbocycles. The highest BCUT2D eigenvalue weighted by Crippen LogP contribution is 2.38. The van der Waals surface area contributed by atoms with Gasteiger partial charge in [-0.15, -0.1) is 0 Å². The van der Waals surface area contributed by atoms with Crippen molar-refractivity contribution in [3.05, 3.63) is 41.5 Å². The number of fused-ring (bicyclic) bond motifs is 3. The lowest BCUT2D eigenvalue weighted by Crippen LogP contribution is -2.09. The smallest absolute Gasteiger partial charge is 0.163 e. The van der Waals surface area contributed by atoms with Gasteiger partial charge in [0, 0.05) is 29.6 Å². The van der Waals surface area contributed by atoms with Crippen LogP contribution in [0.15, 0.2) is 30.3 Å². The number of ether oxygens (including phenoxy) is 1. The first-order valence-electron chi connectivity index (χ1n) is 7.84. The first-order chi connectivity index (χ1) is 11.5. The summed E-state index contributed by atoms with van der Waals surface area (Å²) in [6.45, 7) is 4.19. The number of methoxy groups -OCH3 is 1. The molecule has 1 aromatic heterocycles. The summed E-state index contributed by atoms with van der Waals surface area (Å²) in [5.74, 6) is 0.482. The van der Waals surface area contributed by atoms with E-state index in [4.69, 9.17) is 10.5 Å². The summed E-state index contributed by atoms with van der Waals surface area (Å²) < 4.78 is 7.67. The maximum absolute atomic E-state index is 12.0. The van der Waals surface area contributed by atoms with E-state index in [0.29, 0.717) is 30.0 Å². The summed E-state index contributed by atoms with van der Waals surface area (Å²) in [5, 5.41) is 1.74. The molecule has 0 radical (unpaired) electrons. The molecule has 0 aliphatic rings. The average Bonchev–Trinajstić information content (AvgIpc) is 2.87. The fourth-order valence-corrected chi connectivity index (χ4v) is 3.24. The number of nitrogens with two attached hydrogens (primary N) is 1. The Bertz CT molecular complexity index is 970. The number of Topliss-reactive ketones (excluding diaryl/α,β-unsaturated/α-hetero) is 2. The molecular weight excluding hydrogens is 304 g/mol. The molecule has 0 saturated heterocycles. The second kappa shape index (κ2) is 6.09. The van der Waals surface area contributed by atoms with E-state index in [2.05, 4.69) is 4.57 Å². The molecule has 124 valence electrons. The first-order valence-corrected chi connectivity index (χ1v) is 7.84. The Balaban J connectivity index is 2.52. The van der Waals surface area contributed by atoms with E-state index in [1.807, 2.05) is 24.3 Å². The molecule has 0 bridgehead atoms. The Hall–Kier alpha value is -2.66. The molecule has 5 heteroatoms. The van der Waals surface area contributed by atoms with Crippen molar-refractivity contribution in [3.63, 3.8) is 0 Å². The highest BCUT2D eigenvalue weighted by molar-refractivity contribution is 6.16. The van der Waals surface area contributed by atoms with Crippen molar-refractivity contribution >= 4 is 33.4 Å². The standard InChI is InChI=1S/C19H20N2O3/c1-11(22)13-4-6-16-15(10-13)18-17(21(16)9-8-20)7-5-14(12(2)23)19(18)24-3/h4-7,10H,8-9,20H2,1-3H3. The van der Waals surface area contributed by atoms with Crippen molar-refractivity contribution < 1.29 is 14.3 Å². The molecule has 3 rings (SSSR count). The van der Waals surface area contributed by atoms with Gasteiger partial charge < -0.3 is 15.0 Å². The maximum atomic E-state index is 12.0. The van der Waals surface area contributed by atoms with Crippen molar-refractivity contribution in [1.29, 1.82) is 0 Å². The van der Waals surface area contributed by atoms with Gasteiger partial charge in [-0.25, -0.2) is 0 Å². The van der Waals surface area contributed by atoms with Crippen LogP contribution in [0.3, 0.4) is 0 Å². The van der Waals surface area contributed by atoms with Crippen LogP contribution >= 0.6 is 0 Å². The maximum Gasteiger partial charge on any atom is 0.163 e. The molecule has 0 unspecified atom stereocenters. The number of aromatic nitrogens is 1. The molecule has 0 aliphatic carbocycles. The van der Waals surface area contributed by atoms with Crippen LogP contribution in [0.2, 0.25) is 0 Å². The minimum Gasteiger partial charge on any atom is -0.495 e. The van der Waals surface area contributed by atoms with Gasteiger partial charge in [-0.2, -0.15) is 0 Å². The van der Waals surface area contributed by atoms with Gasteiger partial charge in [-0.1, -0.05) is 0 Å². The van der Waals surface area contributed by atoms with E-state index in [1.54, 1.807) is 20.1 Å². The third-order valence-electron chi connectivity index (χ3n) is 4.33. The van der Waals surface area contributed by atoms with Gasteiger partial charge in [0.2, 0.25) is 0 Å². The van der Waals surface area contributed by atoms with Gasteiger partial charge in [0.25, 0.3) is 0 Å². The molecule has 0 atom stereocenters. The third-order valence-corrected chi connectivity index (χ3v) is 4.33. The molecular formula is C19H20N2O3. The third kappa shape index (κ3) is 2.37. The van der Waals surface area contributed by atoms with E-state index in [9.17, 15) is 9.59 Å². The summed E-state index contributed by atoms with van der Waals surface area (Å²) >= 11 is 0. The summed E-state index contributed by atoms with van der Waals surface area (Å²) in [6.07, 6.45) is 0. The van der Waals surface area contributed by atoms with Crippen LogP contribution in [-0.4, -0.2) is 29.8 Å². The Morgan fingerprint density at radius 3 is 2.38 bits per heavy atom. The fourth-order valence-electron chi connectivity index (χ4n) is 3.24. The summed E-state index contributed by atoms with van der Waals surface area (Å²) in [6, 6.07) is 9.29.